The molecule has 0 aliphatic rings. The van der Waals surface area contributed by atoms with E-state index in [1.165, 1.54) is 12.1 Å². The number of benzene rings is 2. The van der Waals surface area contributed by atoms with Crippen LogP contribution in [0.3, 0.4) is 0 Å². The van der Waals surface area contributed by atoms with Crippen LogP contribution in [0.25, 0.3) is 22.4 Å². The fourth-order valence-corrected chi connectivity index (χ4v) is 2.24. The van der Waals surface area contributed by atoms with E-state index in [1.807, 2.05) is 30.3 Å². The van der Waals surface area contributed by atoms with Gasteiger partial charge in [-0.2, -0.15) is 5.10 Å². The van der Waals surface area contributed by atoms with Crippen LogP contribution >= 0.6 is 0 Å². The molecule has 2 N–H and O–H groups in total. The van der Waals surface area contributed by atoms with E-state index in [9.17, 15) is 4.39 Å². The van der Waals surface area contributed by atoms with Crippen molar-refractivity contribution in [3.05, 3.63) is 60.4 Å². The minimum Gasteiger partial charge on any atom is -0.383 e. The fraction of sp³-hybridized carbons (Fsp3) is 0.0625. The van der Waals surface area contributed by atoms with Crippen molar-refractivity contribution >= 4 is 5.82 Å². The van der Waals surface area contributed by atoms with E-state index in [1.54, 1.807) is 23.9 Å². The smallest absolute Gasteiger partial charge is 0.129 e. The highest BCUT2D eigenvalue weighted by atomic mass is 19.1. The summed E-state index contributed by atoms with van der Waals surface area (Å²) in [5.74, 6) is 0.328. The molecule has 1 aromatic heterocycles. The summed E-state index contributed by atoms with van der Waals surface area (Å²) in [6, 6.07) is 16.1. The van der Waals surface area contributed by atoms with Crippen molar-refractivity contribution in [1.82, 2.24) is 9.78 Å². The van der Waals surface area contributed by atoms with E-state index < -0.39 is 0 Å². The Hall–Kier alpha value is -2.62. The van der Waals surface area contributed by atoms with Crippen molar-refractivity contribution in [1.29, 1.82) is 0 Å². The van der Waals surface area contributed by atoms with Gasteiger partial charge in [0.25, 0.3) is 0 Å². The molecule has 3 rings (SSSR count). The zero-order valence-electron chi connectivity index (χ0n) is 11.0. The molecule has 0 fully saturated rings. The van der Waals surface area contributed by atoms with E-state index in [0.29, 0.717) is 5.82 Å². The third-order valence-electron chi connectivity index (χ3n) is 3.27. The van der Waals surface area contributed by atoms with Crippen LogP contribution in [0.15, 0.2) is 54.6 Å². The molecule has 100 valence electrons. The minimum atomic E-state index is -0.265. The first kappa shape index (κ1) is 12.4. The molecule has 1 heterocycles. The zero-order valence-corrected chi connectivity index (χ0v) is 11.0. The van der Waals surface area contributed by atoms with Gasteiger partial charge in [-0.25, -0.2) is 4.39 Å². The number of nitrogen functional groups attached to an aromatic ring is 1. The summed E-state index contributed by atoms with van der Waals surface area (Å²) in [6.45, 7) is 0. The maximum Gasteiger partial charge on any atom is 0.129 e. The van der Waals surface area contributed by atoms with E-state index in [4.69, 9.17) is 5.73 Å². The molecule has 4 heteroatoms. The monoisotopic (exact) mass is 267 g/mol. The second-order valence-electron chi connectivity index (χ2n) is 4.61. The minimum absolute atomic E-state index is 0.265. The predicted octanol–water partition coefficient (Wildman–Crippen LogP) is 3.48. The van der Waals surface area contributed by atoms with Gasteiger partial charge in [0.15, 0.2) is 0 Å². The number of nitrogens with zero attached hydrogens (tertiary/aromatic N) is 2. The van der Waals surface area contributed by atoms with Gasteiger partial charge in [-0.15, -0.1) is 0 Å². The zero-order chi connectivity index (χ0) is 14.1. The molecule has 0 radical (unpaired) electrons. The topological polar surface area (TPSA) is 43.8 Å². The largest absolute Gasteiger partial charge is 0.383 e. The highest BCUT2D eigenvalue weighted by Crippen LogP contribution is 2.35. The van der Waals surface area contributed by atoms with Crippen molar-refractivity contribution in [2.75, 3.05) is 5.73 Å². The number of anilines is 1. The molecule has 0 amide bonds. The normalized spacial score (nSPS) is 10.7. The molecule has 0 saturated carbocycles. The summed E-state index contributed by atoms with van der Waals surface area (Å²) in [6.07, 6.45) is 0. The lowest BCUT2D eigenvalue weighted by molar-refractivity contribution is 0.628. The molecule has 0 spiro atoms. The van der Waals surface area contributed by atoms with Gasteiger partial charge in [-0.05, 0) is 29.8 Å². The lowest BCUT2D eigenvalue weighted by Gasteiger charge is -2.04. The number of hydrogen-bond acceptors (Lipinski definition) is 2. The number of aromatic nitrogens is 2. The molecule has 3 nitrogen and oxygen atoms in total. The first-order chi connectivity index (χ1) is 9.66. The molecule has 2 aromatic carbocycles. The Morgan fingerprint density at radius 2 is 1.60 bits per heavy atom. The molecule has 0 saturated heterocycles. The van der Waals surface area contributed by atoms with E-state index in [0.717, 1.165) is 22.4 Å². The maximum atomic E-state index is 13.1. The second kappa shape index (κ2) is 4.81. The van der Waals surface area contributed by atoms with Gasteiger partial charge in [-0.1, -0.05) is 30.3 Å². The Bertz CT molecular complexity index is 730. The fourth-order valence-electron chi connectivity index (χ4n) is 2.24. The molecule has 0 unspecified atom stereocenters. The lowest BCUT2D eigenvalue weighted by atomic mass is 10.0. The van der Waals surface area contributed by atoms with Crippen LogP contribution in [-0.4, -0.2) is 9.78 Å². The highest BCUT2D eigenvalue weighted by molar-refractivity contribution is 5.88. The number of nitrogens with two attached hydrogens (primary N) is 1. The van der Waals surface area contributed by atoms with Crippen LogP contribution in [0.4, 0.5) is 10.2 Å². The quantitative estimate of drug-likeness (QED) is 0.772. The van der Waals surface area contributed by atoms with Gasteiger partial charge in [0.1, 0.15) is 17.3 Å². The summed E-state index contributed by atoms with van der Waals surface area (Å²) in [7, 11) is 1.80. The number of rotatable bonds is 2. The van der Waals surface area contributed by atoms with Crippen molar-refractivity contribution in [2.24, 2.45) is 7.05 Å². The first-order valence-electron chi connectivity index (χ1n) is 6.30. The third-order valence-corrected chi connectivity index (χ3v) is 3.27. The number of aryl methyl sites for hydroxylation is 1. The van der Waals surface area contributed by atoms with Crippen LogP contribution in [-0.2, 0) is 7.05 Å². The number of hydrogen-bond donors (Lipinski definition) is 1. The Morgan fingerprint density at radius 1 is 0.950 bits per heavy atom. The molecule has 20 heavy (non-hydrogen) atoms. The van der Waals surface area contributed by atoms with Crippen LogP contribution in [0.2, 0.25) is 0 Å². The third kappa shape index (κ3) is 2.05. The van der Waals surface area contributed by atoms with Gasteiger partial charge >= 0.3 is 0 Å². The first-order valence-corrected chi connectivity index (χ1v) is 6.30. The second-order valence-corrected chi connectivity index (χ2v) is 4.61. The maximum absolute atomic E-state index is 13.1. The predicted molar refractivity (Wildman–Crippen MR) is 78.5 cm³/mol. The molecular formula is C16H14FN3. The summed E-state index contributed by atoms with van der Waals surface area (Å²) in [5, 5.41) is 4.46. The van der Waals surface area contributed by atoms with Gasteiger partial charge < -0.3 is 5.73 Å². The Balaban J connectivity index is 2.22. The van der Waals surface area contributed by atoms with Crippen LogP contribution in [0, 0.1) is 5.82 Å². The van der Waals surface area contributed by atoms with Crippen molar-refractivity contribution in [3.8, 4) is 22.4 Å². The Kier molecular flexibility index (Phi) is 2.99. The van der Waals surface area contributed by atoms with Gasteiger partial charge in [0.05, 0.1) is 5.56 Å². The SMILES string of the molecule is Cn1nc(-c2ccc(F)cc2)c(-c2ccccc2)c1N. The van der Waals surface area contributed by atoms with Crippen molar-refractivity contribution < 1.29 is 4.39 Å². The molecule has 0 bridgehead atoms. The van der Waals surface area contributed by atoms with Crippen LogP contribution < -0.4 is 5.73 Å². The van der Waals surface area contributed by atoms with Crippen LogP contribution in [0.5, 0.6) is 0 Å². The molecule has 0 aliphatic heterocycles. The summed E-state index contributed by atoms with van der Waals surface area (Å²) >= 11 is 0. The van der Waals surface area contributed by atoms with E-state index in [2.05, 4.69) is 5.10 Å². The average molecular weight is 267 g/mol. The highest BCUT2D eigenvalue weighted by Gasteiger charge is 2.16. The van der Waals surface area contributed by atoms with Gasteiger partial charge in [-0.3, -0.25) is 4.68 Å². The lowest BCUT2D eigenvalue weighted by Crippen LogP contribution is -1.97. The van der Waals surface area contributed by atoms with Crippen molar-refractivity contribution in [2.45, 2.75) is 0 Å². The molecule has 0 aliphatic carbocycles. The van der Waals surface area contributed by atoms with Gasteiger partial charge in [0.2, 0.25) is 0 Å². The Morgan fingerprint density at radius 3 is 2.25 bits per heavy atom. The van der Waals surface area contributed by atoms with Crippen LogP contribution in [0.1, 0.15) is 0 Å². The summed E-state index contributed by atoms with van der Waals surface area (Å²) in [5.41, 5.74) is 9.61. The summed E-state index contributed by atoms with van der Waals surface area (Å²) in [4.78, 5) is 0. The standard InChI is InChI=1S/C16H14FN3/c1-20-16(18)14(11-5-3-2-4-6-11)15(19-20)12-7-9-13(17)10-8-12/h2-10H,18H2,1H3. The van der Waals surface area contributed by atoms with Gasteiger partial charge in [0, 0.05) is 12.6 Å². The summed E-state index contributed by atoms with van der Waals surface area (Å²) < 4.78 is 14.7. The molecular weight excluding hydrogens is 253 g/mol. The molecule has 3 aromatic rings. The average Bonchev–Trinajstić information content (AvgIpc) is 2.77. The Labute approximate surface area is 116 Å². The van der Waals surface area contributed by atoms with E-state index in [-0.39, 0.29) is 5.82 Å². The number of halogens is 1. The van der Waals surface area contributed by atoms with E-state index >= 15 is 0 Å². The molecule has 0 atom stereocenters. The van der Waals surface area contributed by atoms with Crippen molar-refractivity contribution in [3.63, 3.8) is 0 Å².